The van der Waals surface area contributed by atoms with Gasteiger partial charge < -0.3 is 20.5 Å². The Hall–Kier alpha value is -1.46. The lowest BCUT2D eigenvalue weighted by atomic mass is 10.0. The van der Waals surface area contributed by atoms with Gasteiger partial charge in [-0.2, -0.15) is 0 Å². The molecule has 0 bridgehead atoms. The molecule has 19 heavy (non-hydrogen) atoms. The Morgan fingerprint density at radius 1 is 1.26 bits per heavy atom. The summed E-state index contributed by atoms with van der Waals surface area (Å²) in [7, 11) is 3.03. The molecule has 6 heteroatoms. The van der Waals surface area contributed by atoms with E-state index in [4.69, 9.17) is 26.8 Å². The van der Waals surface area contributed by atoms with Crippen LogP contribution in [0.2, 0.25) is 5.02 Å². The second kappa shape index (κ2) is 6.63. The Bertz CT molecular complexity index is 463. The van der Waals surface area contributed by atoms with Crippen LogP contribution in [0.15, 0.2) is 12.1 Å². The van der Waals surface area contributed by atoms with Gasteiger partial charge in [0.15, 0.2) is 11.5 Å². The van der Waals surface area contributed by atoms with Gasteiger partial charge in [0.2, 0.25) is 5.91 Å². The Balaban J connectivity index is 2.99. The molecule has 1 aromatic carbocycles. The zero-order valence-electron chi connectivity index (χ0n) is 11.5. The minimum Gasteiger partial charge on any atom is -0.493 e. The monoisotopic (exact) mass is 286 g/mol. The summed E-state index contributed by atoms with van der Waals surface area (Å²) in [6, 6.07) is 2.97. The van der Waals surface area contributed by atoms with Crippen molar-refractivity contribution in [3.63, 3.8) is 0 Å². The smallest absolute Gasteiger partial charge is 0.228 e. The molecule has 0 aliphatic carbocycles. The topological polar surface area (TPSA) is 73.6 Å². The molecule has 0 aliphatic rings. The summed E-state index contributed by atoms with van der Waals surface area (Å²) in [5, 5.41) is 3.11. The van der Waals surface area contributed by atoms with Crippen molar-refractivity contribution in [3.8, 4) is 11.5 Å². The molecule has 1 aromatic rings. The first-order valence-corrected chi connectivity index (χ1v) is 6.26. The van der Waals surface area contributed by atoms with Crippen LogP contribution in [0, 0.1) is 5.92 Å². The zero-order valence-corrected chi connectivity index (χ0v) is 12.2. The third-order valence-electron chi connectivity index (χ3n) is 2.93. The normalized spacial score (nSPS) is 13.6. The highest BCUT2D eigenvalue weighted by Crippen LogP contribution is 2.36. The largest absolute Gasteiger partial charge is 0.493 e. The van der Waals surface area contributed by atoms with E-state index in [1.807, 2.05) is 0 Å². The van der Waals surface area contributed by atoms with Gasteiger partial charge in [-0.1, -0.05) is 18.5 Å². The van der Waals surface area contributed by atoms with Crippen molar-refractivity contribution in [2.75, 3.05) is 19.5 Å². The van der Waals surface area contributed by atoms with Gasteiger partial charge in [-0.05, 0) is 6.92 Å². The second-order valence-corrected chi connectivity index (χ2v) is 4.73. The molecule has 2 atom stereocenters. The molecule has 0 aromatic heterocycles. The number of rotatable bonds is 5. The van der Waals surface area contributed by atoms with Crippen LogP contribution in [0.4, 0.5) is 5.69 Å². The number of anilines is 1. The van der Waals surface area contributed by atoms with Crippen molar-refractivity contribution in [2.24, 2.45) is 11.7 Å². The molecule has 5 nitrogen and oxygen atoms in total. The molecule has 0 saturated carbocycles. The number of hydrogen-bond acceptors (Lipinski definition) is 4. The van der Waals surface area contributed by atoms with E-state index >= 15 is 0 Å². The van der Waals surface area contributed by atoms with E-state index in [1.54, 1.807) is 26.0 Å². The van der Waals surface area contributed by atoms with E-state index in [9.17, 15) is 4.79 Å². The first-order valence-electron chi connectivity index (χ1n) is 5.88. The van der Waals surface area contributed by atoms with Crippen molar-refractivity contribution in [1.29, 1.82) is 0 Å². The van der Waals surface area contributed by atoms with Gasteiger partial charge in [-0.25, -0.2) is 0 Å². The van der Waals surface area contributed by atoms with Crippen LogP contribution in [0.25, 0.3) is 0 Å². The molecule has 0 saturated heterocycles. The number of methoxy groups -OCH3 is 2. The maximum atomic E-state index is 11.9. The average molecular weight is 287 g/mol. The highest BCUT2D eigenvalue weighted by Gasteiger charge is 2.19. The molecule has 0 spiro atoms. The molecule has 3 N–H and O–H groups in total. The standard InChI is InChI=1S/C13H19ClN2O3/c1-7(8(2)15)13(17)16-10-6-12(19-4)11(18-3)5-9(10)14/h5-8H,15H2,1-4H3,(H,16,17). The fourth-order valence-electron chi connectivity index (χ4n) is 1.44. The third-order valence-corrected chi connectivity index (χ3v) is 3.25. The van der Waals surface area contributed by atoms with Crippen LogP contribution in [0.1, 0.15) is 13.8 Å². The number of carbonyl (C=O) groups is 1. The van der Waals surface area contributed by atoms with Gasteiger partial charge in [-0.3, -0.25) is 4.79 Å². The summed E-state index contributed by atoms with van der Waals surface area (Å²) in [6.07, 6.45) is 0. The van der Waals surface area contributed by atoms with Crippen LogP contribution in [-0.4, -0.2) is 26.2 Å². The molecule has 1 amide bonds. The van der Waals surface area contributed by atoms with Crippen molar-refractivity contribution < 1.29 is 14.3 Å². The summed E-state index contributed by atoms with van der Waals surface area (Å²) in [6.45, 7) is 3.54. The molecule has 1 rings (SSSR count). The predicted octanol–water partition coefficient (Wildman–Crippen LogP) is 2.28. The lowest BCUT2D eigenvalue weighted by Crippen LogP contribution is -2.34. The summed E-state index contributed by atoms with van der Waals surface area (Å²) < 4.78 is 10.3. The maximum absolute atomic E-state index is 11.9. The van der Waals surface area contributed by atoms with Gasteiger partial charge in [0.1, 0.15) is 0 Å². The summed E-state index contributed by atoms with van der Waals surface area (Å²) in [5.74, 6) is 0.495. The van der Waals surface area contributed by atoms with E-state index in [2.05, 4.69) is 5.32 Å². The fourth-order valence-corrected chi connectivity index (χ4v) is 1.64. The van der Waals surface area contributed by atoms with Gasteiger partial charge in [0.25, 0.3) is 0 Å². The average Bonchev–Trinajstić information content (AvgIpc) is 2.39. The lowest BCUT2D eigenvalue weighted by molar-refractivity contribution is -0.119. The van der Waals surface area contributed by atoms with E-state index in [0.29, 0.717) is 22.2 Å². The van der Waals surface area contributed by atoms with Crippen LogP contribution in [0.3, 0.4) is 0 Å². The Morgan fingerprint density at radius 2 is 1.79 bits per heavy atom. The number of halogens is 1. The minimum atomic E-state index is -0.316. The highest BCUT2D eigenvalue weighted by atomic mass is 35.5. The van der Waals surface area contributed by atoms with E-state index in [1.165, 1.54) is 14.2 Å². The number of ether oxygens (including phenoxy) is 2. The summed E-state index contributed by atoms with van der Waals surface area (Å²) in [4.78, 5) is 11.9. The summed E-state index contributed by atoms with van der Waals surface area (Å²) >= 11 is 6.08. The number of carbonyl (C=O) groups excluding carboxylic acids is 1. The van der Waals surface area contributed by atoms with Crippen molar-refractivity contribution in [2.45, 2.75) is 19.9 Å². The molecule has 0 fully saturated rings. The molecule has 0 heterocycles. The third kappa shape index (κ3) is 3.75. The predicted molar refractivity (Wildman–Crippen MR) is 76.0 cm³/mol. The number of amides is 1. The van der Waals surface area contributed by atoms with Gasteiger partial charge in [0.05, 0.1) is 30.8 Å². The van der Waals surface area contributed by atoms with Crippen molar-refractivity contribution >= 4 is 23.2 Å². The molecular weight excluding hydrogens is 268 g/mol. The second-order valence-electron chi connectivity index (χ2n) is 4.32. The molecule has 2 unspecified atom stereocenters. The fraction of sp³-hybridized carbons (Fsp3) is 0.462. The number of nitrogens with two attached hydrogens (primary N) is 1. The molecule has 0 radical (unpaired) electrons. The van der Waals surface area contributed by atoms with Crippen LogP contribution in [-0.2, 0) is 4.79 Å². The highest BCUT2D eigenvalue weighted by molar-refractivity contribution is 6.34. The summed E-state index contributed by atoms with van der Waals surface area (Å²) in [5.41, 5.74) is 6.16. The van der Waals surface area contributed by atoms with Crippen molar-refractivity contribution in [1.82, 2.24) is 0 Å². The van der Waals surface area contributed by atoms with E-state index in [0.717, 1.165) is 0 Å². The molecule has 106 valence electrons. The van der Waals surface area contributed by atoms with Crippen LogP contribution in [0.5, 0.6) is 11.5 Å². The quantitative estimate of drug-likeness (QED) is 0.871. The molecular formula is C13H19ClN2O3. The number of hydrogen-bond donors (Lipinski definition) is 2. The number of benzene rings is 1. The Kier molecular flexibility index (Phi) is 5.44. The zero-order chi connectivity index (χ0) is 14.6. The van der Waals surface area contributed by atoms with E-state index < -0.39 is 0 Å². The maximum Gasteiger partial charge on any atom is 0.228 e. The van der Waals surface area contributed by atoms with E-state index in [-0.39, 0.29) is 17.9 Å². The van der Waals surface area contributed by atoms with Crippen LogP contribution < -0.4 is 20.5 Å². The Morgan fingerprint density at radius 3 is 2.26 bits per heavy atom. The lowest BCUT2D eigenvalue weighted by Gasteiger charge is -2.17. The van der Waals surface area contributed by atoms with Crippen LogP contribution >= 0.6 is 11.6 Å². The van der Waals surface area contributed by atoms with Crippen molar-refractivity contribution in [3.05, 3.63) is 17.2 Å². The first kappa shape index (κ1) is 15.6. The molecule has 0 aliphatic heterocycles. The minimum absolute atomic E-state index is 0.191. The van der Waals surface area contributed by atoms with Gasteiger partial charge >= 0.3 is 0 Å². The SMILES string of the molecule is COc1cc(Cl)c(NC(=O)C(C)C(C)N)cc1OC. The van der Waals surface area contributed by atoms with Gasteiger partial charge in [-0.15, -0.1) is 0 Å². The van der Waals surface area contributed by atoms with Gasteiger partial charge in [0, 0.05) is 18.2 Å². The first-order chi connectivity index (χ1) is 8.90. The Labute approximate surface area is 118 Å². The number of nitrogens with one attached hydrogen (secondary N) is 1.